The number of furan rings is 1. The molecule has 0 radical (unpaired) electrons. The van der Waals surface area contributed by atoms with Crippen LogP contribution in [-0.4, -0.2) is 23.3 Å². The number of carboxylic acid groups (broad SMARTS) is 1. The van der Waals surface area contributed by atoms with Crippen molar-refractivity contribution < 1.29 is 28.2 Å². The topological polar surface area (TPSA) is 88.8 Å². The number of hydrogen-bond acceptors (Lipinski definition) is 4. The quantitative estimate of drug-likeness (QED) is 0.311. The Balaban J connectivity index is 0.00000108. The van der Waals surface area contributed by atoms with Gasteiger partial charge in [0.25, 0.3) is 6.47 Å². The smallest absolute Gasteiger partial charge is 0.408 e. The first kappa shape index (κ1) is 25.5. The van der Waals surface area contributed by atoms with E-state index in [0.717, 1.165) is 27.6 Å². The van der Waals surface area contributed by atoms with Crippen molar-refractivity contribution >= 4 is 23.5 Å². The van der Waals surface area contributed by atoms with E-state index in [4.69, 9.17) is 19.1 Å². The molecule has 0 atom stereocenters. The Morgan fingerprint density at radius 2 is 1.60 bits per heavy atom. The third-order valence-corrected chi connectivity index (χ3v) is 5.01. The molecule has 1 aromatic heterocycles. The lowest BCUT2D eigenvalue weighted by molar-refractivity contribution is -0.122. The molecule has 1 amide bonds. The van der Waals surface area contributed by atoms with Gasteiger partial charge < -0.3 is 19.6 Å². The Morgan fingerprint density at radius 3 is 2.20 bits per heavy atom. The van der Waals surface area contributed by atoms with Crippen molar-refractivity contribution in [2.45, 2.75) is 39.8 Å². The van der Waals surface area contributed by atoms with Gasteiger partial charge in [-0.2, -0.15) is 0 Å². The summed E-state index contributed by atoms with van der Waals surface area (Å²) in [5.74, 6) is 0.316. The van der Waals surface area contributed by atoms with Gasteiger partial charge in [-0.1, -0.05) is 42.0 Å². The molecule has 0 aliphatic carbocycles. The molecule has 6 nitrogen and oxygen atoms in total. The summed E-state index contributed by atoms with van der Waals surface area (Å²) < 4.78 is 24.9. The van der Waals surface area contributed by atoms with E-state index in [2.05, 4.69) is 48.6 Å². The molecule has 0 saturated carbocycles. The fraction of sp³-hybridized carbons (Fsp3) is 0.214. The van der Waals surface area contributed by atoms with Gasteiger partial charge in [0, 0.05) is 10.9 Å². The summed E-state index contributed by atoms with van der Waals surface area (Å²) in [6, 6.07) is 20.7. The van der Waals surface area contributed by atoms with E-state index in [-0.39, 0.29) is 18.8 Å². The number of carbonyl (C=O) groups excluding carboxylic acids is 1. The lowest BCUT2D eigenvalue weighted by Gasteiger charge is -2.19. The van der Waals surface area contributed by atoms with Gasteiger partial charge in [0.05, 0.1) is 6.54 Å². The number of halogens is 1. The number of nitrogens with one attached hydrogen (secondary N) is 1. The largest absolute Gasteiger partial charge is 0.483 e. The highest BCUT2D eigenvalue weighted by Crippen LogP contribution is 2.36. The maximum Gasteiger partial charge on any atom is 0.408 e. The second-order valence-electron chi connectivity index (χ2n) is 8.99. The van der Waals surface area contributed by atoms with Gasteiger partial charge in [-0.15, -0.1) is 0 Å². The highest BCUT2D eigenvalue weighted by molar-refractivity contribution is 5.97. The highest BCUT2D eigenvalue weighted by atomic mass is 19.1. The Hall–Kier alpha value is -4.13. The molecule has 182 valence electrons. The van der Waals surface area contributed by atoms with Gasteiger partial charge in [0.2, 0.25) is 0 Å². The van der Waals surface area contributed by atoms with Gasteiger partial charge in [0.15, 0.2) is 0 Å². The number of amides is 1. The van der Waals surface area contributed by atoms with Crippen molar-refractivity contribution in [2.75, 3.05) is 0 Å². The predicted molar refractivity (Wildman–Crippen MR) is 134 cm³/mol. The van der Waals surface area contributed by atoms with Gasteiger partial charge >= 0.3 is 6.09 Å². The van der Waals surface area contributed by atoms with Crippen LogP contribution in [0.4, 0.5) is 9.18 Å². The van der Waals surface area contributed by atoms with Crippen LogP contribution in [-0.2, 0) is 16.1 Å². The summed E-state index contributed by atoms with van der Waals surface area (Å²) in [5.41, 5.74) is 5.13. The third kappa shape index (κ3) is 6.93. The summed E-state index contributed by atoms with van der Waals surface area (Å²) in [4.78, 5) is 20.4. The van der Waals surface area contributed by atoms with Crippen LogP contribution in [0.15, 0.2) is 71.1 Å². The number of rotatable bonds is 4. The summed E-state index contributed by atoms with van der Waals surface area (Å²) in [6.07, 6.45) is -0.503. The zero-order valence-electron chi connectivity index (χ0n) is 20.1. The molecule has 0 bridgehead atoms. The van der Waals surface area contributed by atoms with Crippen molar-refractivity contribution in [1.82, 2.24) is 5.32 Å². The molecule has 2 N–H and O–H groups in total. The zero-order chi connectivity index (χ0) is 25.6. The van der Waals surface area contributed by atoms with E-state index in [0.29, 0.717) is 11.3 Å². The molecule has 35 heavy (non-hydrogen) atoms. The second-order valence-corrected chi connectivity index (χ2v) is 8.99. The van der Waals surface area contributed by atoms with Crippen LogP contribution in [0.2, 0.25) is 0 Å². The van der Waals surface area contributed by atoms with E-state index >= 15 is 0 Å². The van der Waals surface area contributed by atoms with E-state index in [9.17, 15) is 9.18 Å². The van der Waals surface area contributed by atoms with Crippen LogP contribution < -0.4 is 5.32 Å². The molecule has 7 heteroatoms. The van der Waals surface area contributed by atoms with Crippen LogP contribution in [0.3, 0.4) is 0 Å². The molecule has 3 aromatic carbocycles. The average Bonchev–Trinajstić information content (AvgIpc) is 3.21. The molecule has 1 heterocycles. The van der Waals surface area contributed by atoms with Crippen molar-refractivity contribution in [3.63, 3.8) is 0 Å². The minimum atomic E-state index is -0.573. The lowest BCUT2D eigenvalue weighted by atomic mass is 9.96. The van der Waals surface area contributed by atoms with Gasteiger partial charge in [-0.05, 0) is 74.7 Å². The van der Waals surface area contributed by atoms with Crippen molar-refractivity contribution in [2.24, 2.45) is 0 Å². The maximum atomic E-state index is 13.5. The van der Waals surface area contributed by atoms with Gasteiger partial charge in [-0.25, -0.2) is 9.18 Å². The minimum Gasteiger partial charge on any atom is -0.483 e. The second kappa shape index (κ2) is 10.9. The predicted octanol–water partition coefficient (Wildman–Crippen LogP) is 6.94. The molecular weight excluding hydrogens is 449 g/mol. The summed E-state index contributed by atoms with van der Waals surface area (Å²) in [5, 5.41) is 10.5. The van der Waals surface area contributed by atoms with Crippen molar-refractivity contribution in [3.8, 4) is 22.3 Å². The lowest BCUT2D eigenvalue weighted by Crippen LogP contribution is -2.32. The molecular formula is C28H28FNO5. The van der Waals surface area contributed by atoms with Crippen LogP contribution >= 0.6 is 0 Å². The van der Waals surface area contributed by atoms with Gasteiger partial charge in [-0.3, -0.25) is 4.79 Å². The molecule has 4 aromatic rings. The number of hydrogen-bond donors (Lipinski definition) is 2. The van der Waals surface area contributed by atoms with E-state index < -0.39 is 11.7 Å². The minimum absolute atomic E-state index is 0.201. The van der Waals surface area contributed by atoms with E-state index in [1.807, 2.05) is 26.8 Å². The molecule has 0 spiro atoms. The number of ether oxygens (including phenoxy) is 1. The Labute approximate surface area is 203 Å². The zero-order valence-corrected chi connectivity index (χ0v) is 20.1. The monoisotopic (exact) mass is 477 g/mol. The number of aryl methyl sites for hydroxylation is 1. The van der Waals surface area contributed by atoms with Crippen LogP contribution in [0.5, 0.6) is 0 Å². The molecule has 0 unspecified atom stereocenters. The molecule has 0 saturated heterocycles. The fourth-order valence-corrected chi connectivity index (χ4v) is 3.52. The first-order chi connectivity index (χ1) is 16.6. The summed E-state index contributed by atoms with van der Waals surface area (Å²) >= 11 is 0. The SMILES string of the molecule is Cc1ccc(-c2cc(-c3ccc(F)cc3)c3oc(CNC(=O)OC(C)(C)C)cc3c2)cc1.O=CO. The number of alkyl carbamates (subject to hydrolysis) is 1. The average molecular weight is 478 g/mol. The Morgan fingerprint density at radius 1 is 1.00 bits per heavy atom. The van der Waals surface area contributed by atoms with Crippen molar-refractivity contribution in [3.05, 3.63) is 83.9 Å². The van der Waals surface area contributed by atoms with Crippen LogP contribution in [0, 0.1) is 12.7 Å². The van der Waals surface area contributed by atoms with Crippen LogP contribution in [0.1, 0.15) is 32.1 Å². The van der Waals surface area contributed by atoms with E-state index in [1.165, 1.54) is 17.7 Å². The van der Waals surface area contributed by atoms with Gasteiger partial charge in [0.1, 0.15) is 22.8 Å². The first-order valence-corrected chi connectivity index (χ1v) is 11.0. The molecule has 4 rings (SSSR count). The highest BCUT2D eigenvalue weighted by Gasteiger charge is 2.17. The van der Waals surface area contributed by atoms with Crippen LogP contribution in [0.25, 0.3) is 33.2 Å². The number of carbonyl (C=O) groups is 2. The Kier molecular flexibility index (Phi) is 7.91. The van der Waals surface area contributed by atoms with E-state index in [1.54, 1.807) is 12.1 Å². The molecule has 0 aliphatic rings. The van der Waals surface area contributed by atoms with Crippen molar-refractivity contribution in [1.29, 1.82) is 0 Å². The number of fused-ring (bicyclic) bond motifs is 1. The molecule has 0 fully saturated rings. The Bertz CT molecular complexity index is 1300. The third-order valence-electron chi connectivity index (χ3n) is 5.01. The fourth-order valence-electron chi connectivity index (χ4n) is 3.52. The summed E-state index contributed by atoms with van der Waals surface area (Å²) in [6.45, 7) is 7.45. The maximum absolute atomic E-state index is 13.5. The first-order valence-electron chi connectivity index (χ1n) is 11.0. The number of benzene rings is 3. The normalized spacial score (nSPS) is 10.9. The molecule has 0 aliphatic heterocycles. The standard InChI is InChI=1S/C27H26FNO3.CH2O2/c1-17-5-7-18(8-6-17)20-13-21-14-23(16-29-26(30)32-27(2,3)4)31-25(21)24(15-20)19-9-11-22(28)12-10-19;2-1-3/h5-15H,16H2,1-4H3,(H,29,30);1H,(H,2,3). The summed E-state index contributed by atoms with van der Waals surface area (Å²) in [7, 11) is 0.